The highest BCUT2D eigenvalue weighted by atomic mass is 127. The molecule has 0 aromatic heterocycles. The van der Waals surface area contributed by atoms with Crippen molar-refractivity contribution in [2.45, 2.75) is 6.18 Å². The van der Waals surface area contributed by atoms with Gasteiger partial charge in [-0.25, -0.2) is 0 Å². The Morgan fingerprint density at radius 1 is 1.37 bits per heavy atom. The van der Waals surface area contributed by atoms with E-state index in [1.54, 1.807) is 0 Å². The summed E-state index contributed by atoms with van der Waals surface area (Å²) in [5.74, 6) is -1.07. The van der Waals surface area contributed by atoms with Gasteiger partial charge >= 0.3 is 6.18 Å². The zero-order valence-electron chi connectivity index (χ0n) is 9.62. The van der Waals surface area contributed by atoms with E-state index in [4.69, 9.17) is 5.11 Å². The molecule has 0 heterocycles. The van der Waals surface area contributed by atoms with E-state index in [2.05, 4.69) is 0 Å². The molecular formula is C11H11F3INO3. The van der Waals surface area contributed by atoms with Gasteiger partial charge in [0.15, 0.2) is 0 Å². The van der Waals surface area contributed by atoms with Crippen LogP contribution in [0.2, 0.25) is 0 Å². The number of amides is 1. The third kappa shape index (κ3) is 4.86. The number of carbonyl (C=O) groups excluding carboxylic acids is 1. The summed E-state index contributed by atoms with van der Waals surface area (Å²) in [6.07, 6.45) is -4.55. The number of hydrogen-bond acceptors (Lipinski definition) is 3. The lowest BCUT2D eigenvalue weighted by molar-refractivity contribution is -0.141. The van der Waals surface area contributed by atoms with Crippen molar-refractivity contribution in [2.24, 2.45) is 0 Å². The molecule has 0 saturated carbocycles. The smallest absolute Gasteiger partial charge is 0.406 e. The van der Waals surface area contributed by atoms with Crippen molar-refractivity contribution in [1.29, 1.82) is 0 Å². The minimum absolute atomic E-state index is 0.0596. The maximum Gasteiger partial charge on any atom is 0.406 e. The van der Waals surface area contributed by atoms with Crippen molar-refractivity contribution in [3.8, 4) is 5.75 Å². The number of aliphatic hydroxyl groups is 1. The number of hydrogen-bond donors (Lipinski definition) is 2. The van der Waals surface area contributed by atoms with Crippen LogP contribution in [0.5, 0.6) is 5.75 Å². The second kappa shape index (κ2) is 6.42. The lowest BCUT2D eigenvalue weighted by Crippen LogP contribution is -2.40. The SMILES string of the molecule is O=C(c1ccc(I)c(O)c1)N(CCO)CC(F)(F)F. The molecule has 1 aromatic carbocycles. The maximum absolute atomic E-state index is 12.3. The summed E-state index contributed by atoms with van der Waals surface area (Å²) in [5.41, 5.74) is -0.0596. The molecule has 0 aliphatic carbocycles. The molecule has 0 fully saturated rings. The molecule has 0 unspecified atom stereocenters. The topological polar surface area (TPSA) is 60.8 Å². The van der Waals surface area contributed by atoms with Crippen LogP contribution in [0.25, 0.3) is 0 Å². The van der Waals surface area contributed by atoms with Crippen molar-refractivity contribution >= 4 is 28.5 Å². The number of phenolic OH excluding ortho intramolecular Hbond substituents is 1. The molecule has 1 amide bonds. The van der Waals surface area contributed by atoms with Gasteiger partial charge in [-0.3, -0.25) is 4.79 Å². The maximum atomic E-state index is 12.3. The molecule has 0 aliphatic heterocycles. The largest absolute Gasteiger partial charge is 0.507 e. The number of phenols is 1. The highest BCUT2D eigenvalue weighted by Gasteiger charge is 2.33. The van der Waals surface area contributed by atoms with E-state index in [9.17, 15) is 23.1 Å². The number of carbonyl (C=O) groups is 1. The van der Waals surface area contributed by atoms with Crippen LogP contribution in [-0.2, 0) is 0 Å². The van der Waals surface area contributed by atoms with Crippen LogP contribution < -0.4 is 0 Å². The molecule has 0 radical (unpaired) electrons. The number of benzene rings is 1. The van der Waals surface area contributed by atoms with Crippen LogP contribution in [-0.4, -0.2) is 46.9 Å². The third-order valence-electron chi connectivity index (χ3n) is 2.22. The van der Waals surface area contributed by atoms with E-state index >= 15 is 0 Å². The third-order valence-corrected chi connectivity index (χ3v) is 3.13. The first-order valence-corrected chi connectivity index (χ1v) is 6.28. The van der Waals surface area contributed by atoms with Crippen molar-refractivity contribution in [2.75, 3.05) is 19.7 Å². The fourth-order valence-corrected chi connectivity index (χ4v) is 1.75. The Morgan fingerprint density at radius 3 is 2.47 bits per heavy atom. The second-order valence-corrected chi connectivity index (χ2v) is 4.89. The summed E-state index contributed by atoms with van der Waals surface area (Å²) < 4.78 is 37.5. The Morgan fingerprint density at radius 2 is 2.00 bits per heavy atom. The van der Waals surface area contributed by atoms with Crippen molar-refractivity contribution in [3.05, 3.63) is 27.3 Å². The fourth-order valence-electron chi connectivity index (χ4n) is 1.42. The van der Waals surface area contributed by atoms with Crippen LogP contribution in [0, 0.1) is 3.57 Å². The summed E-state index contributed by atoms with van der Waals surface area (Å²) in [7, 11) is 0. The zero-order valence-corrected chi connectivity index (χ0v) is 11.8. The monoisotopic (exact) mass is 389 g/mol. The van der Waals surface area contributed by atoms with Crippen LogP contribution >= 0.6 is 22.6 Å². The highest BCUT2D eigenvalue weighted by Crippen LogP contribution is 2.23. The number of alkyl halides is 3. The molecule has 0 bridgehead atoms. The van der Waals surface area contributed by atoms with E-state index < -0.39 is 31.8 Å². The number of nitrogens with zero attached hydrogens (tertiary/aromatic N) is 1. The molecule has 0 atom stereocenters. The fraction of sp³-hybridized carbons (Fsp3) is 0.364. The van der Waals surface area contributed by atoms with E-state index in [-0.39, 0.29) is 11.3 Å². The minimum Gasteiger partial charge on any atom is -0.507 e. The normalized spacial score (nSPS) is 11.4. The molecule has 4 nitrogen and oxygen atoms in total. The van der Waals surface area contributed by atoms with Gasteiger partial charge in [0.2, 0.25) is 0 Å². The van der Waals surface area contributed by atoms with Crippen molar-refractivity contribution in [1.82, 2.24) is 4.90 Å². The van der Waals surface area contributed by atoms with Gasteiger partial charge in [0.1, 0.15) is 12.3 Å². The first-order chi connectivity index (χ1) is 8.74. The van der Waals surface area contributed by atoms with Gasteiger partial charge in [0.05, 0.1) is 10.2 Å². The van der Waals surface area contributed by atoms with E-state index in [1.807, 2.05) is 22.6 Å². The number of rotatable bonds is 4. The van der Waals surface area contributed by atoms with Crippen LogP contribution in [0.4, 0.5) is 13.2 Å². The predicted molar refractivity (Wildman–Crippen MR) is 69.9 cm³/mol. The lowest BCUT2D eigenvalue weighted by atomic mass is 10.2. The number of halogens is 4. The molecule has 19 heavy (non-hydrogen) atoms. The summed E-state index contributed by atoms with van der Waals surface area (Å²) in [6, 6.07) is 3.85. The van der Waals surface area contributed by atoms with Gasteiger partial charge < -0.3 is 15.1 Å². The highest BCUT2D eigenvalue weighted by molar-refractivity contribution is 14.1. The van der Waals surface area contributed by atoms with Crippen molar-refractivity contribution < 1.29 is 28.2 Å². The summed E-state index contributed by atoms with van der Waals surface area (Å²) >= 11 is 1.83. The first kappa shape index (κ1) is 16.0. The van der Waals surface area contributed by atoms with Crippen LogP contribution in [0.3, 0.4) is 0 Å². The van der Waals surface area contributed by atoms with Crippen LogP contribution in [0.1, 0.15) is 10.4 Å². The molecule has 106 valence electrons. The van der Waals surface area contributed by atoms with E-state index in [1.165, 1.54) is 12.1 Å². The Kier molecular flexibility index (Phi) is 5.41. The summed E-state index contributed by atoms with van der Waals surface area (Å²) in [4.78, 5) is 12.4. The molecule has 0 spiro atoms. The van der Waals surface area contributed by atoms with Gasteiger partial charge in [-0.05, 0) is 40.8 Å². The molecule has 0 aliphatic rings. The Labute approximate surface area is 121 Å². The molecule has 2 N–H and O–H groups in total. The standard InChI is InChI=1S/C11H11F3INO3/c12-11(13,14)6-16(3-4-17)10(19)7-1-2-8(15)9(18)5-7/h1-2,5,17-18H,3-4,6H2. The summed E-state index contributed by atoms with van der Waals surface area (Å²) in [6.45, 7) is -2.44. The average molecular weight is 389 g/mol. The van der Waals surface area contributed by atoms with Gasteiger partial charge in [-0.2, -0.15) is 13.2 Å². The Hall–Kier alpha value is -1.03. The molecule has 8 heteroatoms. The second-order valence-electron chi connectivity index (χ2n) is 3.73. The first-order valence-electron chi connectivity index (χ1n) is 5.20. The molecule has 1 rings (SSSR count). The zero-order chi connectivity index (χ0) is 14.6. The molecular weight excluding hydrogens is 378 g/mol. The Balaban J connectivity index is 2.95. The van der Waals surface area contributed by atoms with Gasteiger partial charge in [0.25, 0.3) is 5.91 Å². The molecule has 0 saturated heterocycles. The number of aliphatic hydroxyl groups excluding tert-OH is 1. The van der Waals surface area contributed by atoms with Crippen molar-refractivity contribution in [3.63, 3.8) is 0 Å². The molecule has 1 aromatic rings. The lowest BCUT2D eigenvalue weighted by Gasteiger charge is -2.23. The minimum atomic E-state index is -4.55. The average Bonchev–Trinajstić information content (AvgIpc) is 2.29. The van der Waals surface area contributed by atoms with Gasteiger partial charge in [-0.15, -0.1) is 0 Å². The Bertz CT molecular complexity index is 465. The summed E-state index contributed by atoms with van der Waals surface area (Å²) in [5, 5.41) is 18.2. The predicted octanol–water partition coefficient (Wildman–Crippen LogP) is 1.99. The van der Waals surface area contributed by atoms with Gasteiger partial charge in [-0.1, -0.05) is 0 Å². The number of aromatic hydroxyl groups is 1. The van der Waals surface area contributed by atoms with E-state index in [0.29, 0.717) is 8.47 Å². The quantitative estimate of drug-likeness (QED) is 0.775. The van der Waals surface area contributed by atoms with Crippen LogP contribution in [0.15, 0.2) is 18.2 Å². The van der Waals surface area contributed by atoms with E-state index in [0.717, 1.165) is 6.07 Å². The van der Waals surface area contributed by atoms with Gasteiger partial charge in [0, 0.05) is 12.1 Å².